The van der Waals surface area contributed by atoms with Gasteiger partial charge in [0.15, 0.2) is 5.96 Å². The lowest BCUT2D eigenvalue weighted by Gasteiger charge is -2.16. The van der Waals surface area contributed by atoms with Crippen LogP contribution >= 0.6 is 11.6 Å². The summed E-state index contributed by atoms with van der Waals surface area (Å²) < 4.78 is 0. The second kappa shape index (κ2) is 9.06. The van der Waals surface area contributed by atoms with Gasteiger partial charge < -0.3 is 16.8 Å². The lowest BCUT2D eigenvalue weighted by Crippen LogP contribution is -2.27. The van der Waals surface area contributed by atoms with Crippen molar-refractivity contribution < 1.29 is 0 Å². The molecule has 4 rings (SSSR count). The van der Waals surface area contributed by atoms with Gasteiger partial charge in [-0.2, -0.15) is 0 Å². The Morgan fingerprint density at radius 1 is 0.967 bits per heavy atom. The van der Waals surface area contributed by atoms with Crippen molar-refractivity contribution in [2.75, 3.05) is 5.32 Å². The van der Waals surface area contributed by atoms with Crippen molar-refractivity contribution in [3.8, 4) is 0 Å². The first-order valence-corrected chi connectivity index (χ1v) is 10.4. The molecule has 1 atom stereocenters. The van der Waals surface area contributed by atoms with Crippen molar-refractivity contribution in [2.24, 2.45) is 16.5 Å². The second-order valence-electron chi connectivity index (χ2n) is 7.52. The van der Waals surface area contributed by atoms with Crippen LogP contribution in [0, 0.1) is 0 Å². The Hall–Kier alpha value is -3.24. The maximum atomic E-state index is 6.41. The molecule has 1 aliphatic rings. The van der Waals surface area contributed by atoms with Crippen molar-refractivity contribution in [1.29, 1.82) is 0 Å². The van der Waals surface area contributed by atoms with Gasteiger partial charge in [-0.1, -0.05) is 78.3 Å². The van der Waals surface area contributed by atoms with Gasteiger partial charge in [-0.15, -0.1) is 0 Å². The van der Waals surface area contributed by atoms with Gasteiger partial charge >= 0.3 is 0 Å². The third-order valence-corrected chi connectivity index (χ3v) is 5.52. The average Bonchev–Trinajstić information content (AvgIpc) is 3.17. The Bertz CT molecular complexity index is 1070. The number of nitrogens with zero attached hydrogens (tertiary/aromatic N) is 1. The van der Waals surface area contributed by atoms with E-state index in [0.29, 0.717) is 5.02 Å². The maximum Gasteiger partial charge on any atom is 0.186 e. The third kappa shape index (κ3) is 4.84. The number of nitrogens with two attached hydrogens (primary N) is 2. The van der Waals surface area contributed by atoms with Gasteiger partial charge in [0.05, 0.1) is 6.04 Å². The summed E-state index contributed by atoms with van der Waals surface area (Å²) in [6, 6.07) is 24.5. The minimum atomic E-state index is -0.106. The van der Waals surface area contributed by atoms with E-state index in [2.05, 4.69) is 40.7 Å². The Labute approximate surface area is 182 Å². The maximum absolute atomic E-state index is 6.41. The Balaban J connectivity index is 1.58. The van der Waals surface area contributed by atoms with E-state index in [1.165, 1.54) is 22.3 Å². The molecule has 0 fully saturated rings. The van der Waals surface area contributed by atoms with Crippen LogP contribution in [0.4, 0.5) is 5.69 Å². The van der Waals surface area contributed by atoms with E-state index in [-0.39, 0.29) is 12.0 Å². The lowest BCUT2D eigenvalue weighted by molar-refractivity contribution is 0.751. The smallest absolute Gasteiger partial charge is 0.186 e. The van der Waals surface area contributed by atoms with Gasteiger partial charge in [-0.3, -0.25) is 0 Å². The monoisotopic (exact) mass is 416 g/mol. The molecule has 1 unspecified atom stereocenters. The van der Waals surface area contributed by atoms with E-state index in [4.69, 9.17) is 23.1 Å². The summed E-state index contributed by atoms with van der Waals surface area (Å²) in [4.78, 5) is 4.53. The number of aliphatic imine (C=N–C) groups is 1. The van der Waals surface area contributed by atoms with Crippen LogP contribution in [0.1, 0.15) is 22.3 Å². The molecule has 0 aromatic heterocycles. The summed E-state index contributed by atoms with van der Waals surface area (Å²) in [5.74, 6) is 0.105. The predicted octanol–water partition coefficient (Wildman–Crippen LogP) is 4.78. The van der Waals surface area contributed by atoms with Crippen LogP contribution in [0.3, 0.4) is 0 Å². The van der Waals surface area contributed by atoms with Crippen LogP contribution in [0.5, 0.6) is 0 Å². The first kappa shape index (κ1) is 20.0. The molecule has 152 valence electrons. The molecule has 0 bridgehead atoms. The fraction of sp³-hybridized carbons (Fsp3) is 0.160. The Morgan fingerprint density at radius 3 is 2.30 bits per heavy atom. The number of nitrogens with one attached hydrogen (secondary N) is 1. The van der Waals surface area contributed by atoms with Crippen LogP contribution < -0.4 is 16.8 Å². The molecule has 0 heterocycles. The molecular formula is C25H25ClN4. The van der Waals surface area contributed by atoms with Gasteiger partial charge in [0.25, 0.3) is 0 Å². The number of benzene rings is 3. The van der Waals surface area contributed by atoms with Crippen molar-refractivity contribution >= 4 is 29.3 Å². The molecule has 1 aliphatic carbocycles. The van der Waals surface area contributed by atoms with Crippen LogP contribution in [0.2, 0.25) is 5.02 Å². The van der Waals surface area contributed by atoms with Crippen LogP contribution in [-0.4, -0.2) is 12.0 Å². The van der Waals surface area contributed by atoms with E-state index in [1.54, 1.807) is 0 Å². The molecule has 0 saturated heterocycles. The van der Waals surface area contributed by atoms with Gasteiger partial charge in [0.2, 0.25) is 0 Å². The summed E-state index contributed by atoms with van der Waals surface area (Å²) in [5.41, 5.74) is 18.5. The zero-order chi connectivity index (χ0) is 20.9. The summed E-state index contributed by atoms with van der Waals surface area (Å²) >= 11 is 6.41. The molecular weight excluding hydrogens is 392 g/mol. The molecule has 0 amide bonds. The first-order valence-electron chi connectivity index (χ1n) is 10.0. The highest BCUT2D eigenvalue weighted by Gasteiger charge is 2.23. The van der Waals surface area contributed by atoms with Gasteiger partial charge in [-0.25, -0.2) is 4.99 Å². The summed E-state index contributed by atoms with van der Waals surface area (Å²) in [6.45, 7) is 0.740. The predicted molar refractivity (Wildman–Crippen MR) is 127 cm³/mol. The number of fused-ring (bicyclic) bond motifs is 1. The number of hydrogen-bond donors (Lipinski definition) is 3. The highest BCUT2D eigenvalue weighted by atomic mass is 35.5. The quantitative estimate of drug-likeness (QED) is 0.383. The Morgan fingerprint density at radius 2 is 1.63 bits per heavy atom. The molecule has 3 aromatic carbocycles. The third-order valence-electron chi connectivity index (χ3n) is 5.30. The zero-order valence-corrected chi connectivity index (χ0v) is 17.4. The van der Waals surface area contributed by atoms with Crippen LogP contribution in [0.15, 0.2) is 83.4 Å². The van der Waals surface area contributed by atoms with Crippen molar-refractivity contribution in [2.45, 2.75) is 25.4 Å². The van der Waals surface area contributed by atoms with Crippen LogP contribution in [-0.2, 0) is 19.4 Å². The fourth-order valence-corrected chi connectivity index (χ4v) is 4.11. The number of anilines is 1. The molecule has 5 N–H and O–H groups in total. The largest absolute Gasteiger partial charge is 0.381 e. The minimum absolute atomic E-state index is 0.105. The topological polar surface area (TPSA) is 76.4 Å². The van der Waals surface area contributed by atoms with Crippen molar-refractivity contribution in [3.05, 3.63) is 106 Å². The van der Waals surface area contributed by atoms with E-state index < -0.39 is 0 Å². The molecule has 0 aliphatic heterocycles. The Kier molecular flexibility index (Phi) is 6.05. The lowest BCUT2D eigenvalue weighted by atomic mass is 9.97. The average molecular weight is 417 g/mol. The highest BCUT2D eigenvalue weighted by Crippen LogP contribution is 2.36. The minimum Gasteiger partial charge on any atom is -0.381 e. The molecule has 0 spiro atoms. The second-order valence-corrected chi connectivity index (χ2v) is 7.95. The zero-order valence-electron chi connectivity index (χ0n) is 16.7. The van der Waals surface area contributed by atoms with Gasteiger partial charge in [0, 0.05) is 17.3 Å². The number of hydrogen-bond acceptors (Lipinski definition) is 2. The van der Waals surface area contributed by atoms with E-state index in [0.717, 1.165) is 30.6 Å². The first-order chi connectivity index (χ1) is 14.6. The summed E-state index contributed by atoms with van der Waals surface area (Å²) in [5, 5.41) is 4.26. The molecule has 30 heavy (non-hydrogen) atoms. The molecule has 0 saturated carbocycles. The normalized spacial score (nSPS) is 13.3. The van der Waals surface area contributed by atoms with Gasteiger partial charge in [0.1, 0.15) is 0 Å². The molecule has 5 heteroatoms. The number of halogens is 1. The summed E-state index contributed by atoms with van der Waals surface area (Å²) in [7, 11) is 0. The van der Waals surface area contributed by atoms with Crippen molar-refractivity contribution in [3.63, 3.8) is 0 Å². The SMILES string of the molecule is NC(N)=NC(Cc1ccccc1)C1=Cc2cc(Cl)cc(NCc3ccccc3)c2C1. The fourth-order valence-electron chi connectivity index (χ4n) is 3.88. The van der Waals surface area contributed by atoms with E-state index in [9.17, 15) is 0 Å². The summed E-state index contributed by atoms with van der Waals surface area (Å²) in [6.07, 6.45) is 3.71. The highest BCUT2D eigenvalue weighted by molar-refractivity contribution is 6.31. The molecule has 0 radical (unpaired) electrons. The van der Waals surface area contributed by atoms with E-state index in [1.807, 2.05) is 48.5 Å². The van der Waals surface area contributed by atoms with Crippen LogP contribution in [0.25, 0.3) is 6.08 Å². The molecule has 3 aromatic rings. The standard InChI is InChI=1S/C25H25ClN4/c26-21-13-19-12-20(23(30-25(27)28)11-17-7-3-1-4-8-17)14-22(19)24(15-21)29-16-18-9-5-2-6-10-18/h1-10,12-13,15,23,29H,11,14,16H2,(H4,27,28,30). The van der Waals surface area contributed by atoms with E-state index >= 15 is 0 Å². The molecule has 4 nitrogen and oxygen atoms in total. The van der Waals surface area contributed by atoms with Crippen molar-refractivity contribution in [1.82, 2.24) is 0 Å². The van der Waals surface area contributed by atoms with Gasteiger partial charge in [-0.05, 0) is 52.8 Å². The number of guanidine groups is 1. The number of rotatable bonds is 7.